The minimum Gasteiger partial charge on any atom is -0.495 e. The summed E-state index contributed by atoms with van der Waals surface area (Å²) in [5, 5.41) is 3.11. The van der Waals surface area contributed by atoms with Gasteiger partial charge >= 0.3 is 0 Å². The average molecular weight is 447 g/mol. The molecule has 0 saturated heterocycles. The van der Waals surface area contributed by atoms with Crippen molar-refractivity contribution >= 4 is 38.9 Å². The molecule has 0 aliphatic carbocycles. The Morgan fingerprint density at radius 1 is 1.00 bits per heavy atom. The standard InChI is InChI=1S/C21H19ClN2O5S/c1-28-20-11-3-2-10-19(20)24-30(26,27)18-9-5-7-16(13-18)23-21(25)14-29-17-8-4-6-15(22)12-17/h2-13,24H,14H2,1H3,(H,23,25). The molecule has 0 unspecified atom stereocenters. The van der Waals surface area contributed by atoms with Gasteiger partial charge in [0.2, 0.25) is 0 Å². The zero-order chi connectivity index (χ0) is 21.6. The fourth-order valence-corrected chi connectivity index (χ4v) is 3.87. The van der Waals surface area contributed by atoms with Gasteiger partial charge in [0, 0.05) is 10.7 Å². The first kappa shape index (κ1) is 21.5. The Kier molecular flexibility index (Phi) is 6.81. The molecule has 0 aliphatic heterocycles. The molecule has 0 fully saturated rings. The van der Waals surface area contributed by atoms with E-state index in [4.69, 9.17) is 21.1 Å². The van der Waals surface area contributed by atoms with Gasteiger partial charge < -0.3 is 14.8 Å². The maximum absolute atomic E-state index is 12.7. The van der Waals surface area contributed by atoms with Crippen LogP contribution in [0.4, 0.5) is 11.4 Å². The lowest BCUT2D eigenvalue weighted by molar-refractivity contribution is -0.118. The molecule has 1 amide bonds. The molecule has 3 rings (SSSR count). The summed E-state index contributed by atoms with van der Waals surface area (Å²) in [4.78, 5) is 12.1. The smallest absolute Gasteiger partial charge is 0.262 e. The van der Waals surface area contributed by atoms with E-state index in [9.17, 15) is 13.2 Å². The highest BCUT2D eigenvalue weighted by Crippen LogP contribution is 2.27. The number of amides is 1. The highest BCUT2D eigenvalue weighted by molar-refractivity contribution is 7.92. The number of carbonyl (C=O) groups excluding carboxylic acids is 1. The molecular formula is C21H19ClN2O5S. The van der Waals surface area contributed by atoms with E-state index in [1.54, 1.807) is 54.6 Å². The van der Waals surface area contributed by atoms with E-state index < -0.39 is 15.9 Å². The molecule has 2 N–H and O–H groups in total. The van der Waals surface area contributed by atoms with Crippen molar-refractivity contribution in [3.8, 4) is 11.5 Å². The Bertz CT molecular complexity index is 1150. The first-order valence-corrected chi connectivity index (χ1v) is 10.7. The van der Waals surface area contributed by atoms with Gasteiger partial charge in [-0.15, -0.1) is 0 Å². The van der Waals surface area contributed by atoms with Crippen LogP contribution in [0.1, 0.15) is 0 Å². The maximum Gasteiger partial charge on any atom is 0.262 e. The molecule has 0 aromatic heterocycles. The number of nitrogens with one attached hydrogen (secondary N) is 2. The zero-order valence-corrected chi connectivity index (χ0v) is 17.5. The van der Waals surface area contributed by atoms with Crippen molar-refractivity contribution < 1.29 is 22.7 Å². The molecule has 30 heavy (non-hydrogen) atoms. The SMILES string of the molecule is COc1ccccc1NS(=O)(=O)c1cccc(NC(=O)COc2cccc(Cl)c2)c1. The number of carbonyl (C=O) groups is 1. The molecule has 0 heterocycles. The number of para-hydroxylation sites is 2. The predicted molar refractivity (Wildman–Crippen MR) is 116 cm³/mol. The number of anilines is 2. The van der Waals surface area contributed by atoms with E-state index in [0.29, 0.717) is 27.9 Å². The summed E-state index contributed by atoms with van der Waals surface area (Å²) in [6.45, 7) is -0.253. The van der Waals surface area contributed by atoms with E-state index >= 15 is 0 Å². The molecule has 3 aromatic rings. The Balaban J connectivity index is 1.68. The number of hydrogen-bond donors (Lipinski definition) is 2. The quantitative estimate of drug-likeness (QED) is 0.541. The van der Waals surface area contributed by atoms with E-state index in [0.717, 1.165) is 0 Å². The Morgan fingerprint density at radius 3 is 2.53 bits per heavy atom. The number of rotatable bonds is 8. The molecule has 7 nitrogen and oxygen atoms in total. The van der Waals surface area contributed by atoms with Crippen molar-refractivity contribution in [2.75, 3.05) is 23.8 Å². The van der Waals surface area contributed by atoms with Crippen LogP contribution in [-0.2, 0) is 14.8 Å². The van der Waals surface area contributed by atoms with Gasteiger partial charge in [-0.05, 0) is 48.5 Å². The van der Waals surface area contributed by atoms with Crippen LogP contribution in [0.3, 0.4) is 0 Å². The number of sulfonamides is 1. The third-order valence-corrected chi connectivity index (χ3v) is 5.54. The molecule has 0 aliphatic rings. The van der Waals surface area contributed by atoms with Crippen molar-refractivity contribution in [3.63, 3.8) is 0 Å². The Morgan fingerprint density at radius 2 is 1.77 bits per heavy atom. The third kappa shape index (κ3) is 5.65. The minimum absolute atomic E-state index is 0.0121. The van der Waals surface area contributed by atoms with Crippen molar-refractivity contribution in [1.82, 2.24) is 0 Å². The molecule has 0 radical (unpaired) electrons. The van der Waals surface area contributed by atoms with Gasteiger partial charge in [0.25, 0.3) is 15.9 Å². The fraction of sp³-hybridized carbons (Fsp3) is 0.0952. The fourth-order valence-electron chi connectivity index (χ4n) is 2.58. The van der Waals surface area contributed by atoms with E-state index in [-0.39, 0.29) is 11.5 Å². The van der Waals surface area contributed by atoms with Gasteiger partial charge in [0.05, 0.1) is 17.7 Å². The van der Waals surface area contributed by atoms with Crippen molar-refractivity contribution in [2.45, 2.75) is 4.90 Å². The predicted octanol–water partition coefficient (Wildman–Crippen LogP) is 4.17. The molecule has 156 valence electrons. The largest absolute Gasteiger partial charge is 0.495 e. The van der Waals surface area contributed by atoms with Crippen molar-refractivity contribution in [3.05, 3.63) is 77.8 Å². The monoisotopic (exact) mass is 446 g/mol. The number of halogens is 1. The number of hydrogen-bond acceptors (Lipinski definition) is 5. The second-order valence-corrected chi connectivity index (χ2v) is 8.25. The summed E-state index contributed by atoms with van der Waals surface area (Å²) in [7, 11) is -2.44. The summed E-state index contributed by atoms with van der Waals surface area (Å²) in [5.41, 5.74) is 0.627. The summed E-state index contributed by atoms with van der Waals surface area (Å²) in [5.74, 6) is 0.404. The van der Waals surface area contributed by atoms with Gasteiger partial charge in [0.1, 0.15) is 11.5 Å². The lowest BCUT2D eigenvalue weighted by Crippen LogP contribution is -2.20. The van der Waals surface area contributed by atoms with E-state index in [1.165, 1.54) is 25.3 Å². The first-order chi connectivity index (χ1) is 14.4. The Hall–Kier alpha value is -3.23. The normalized spacial score (nSPS) is 10.9. The van der Waals surface area contributed by atoms with Crippen LogP contribution in [0.2, 0.25) is 5.02 Å². The van der Waals surface area contributed by atoms with Crippen LogP contribution in [-0.4, -0.2) is 28.0 Å². The van der Waals surface area contributed by atoms with E-state index in [2.05, 4.69) is 10.0 Å². The molecule has 0 saturated carbocycles. The summed E-state index contributed by atoms with van der Waals surface area (Å²) < 4.78 is 38.5. The topological polar surface area (TPSA) is 93.7 Å². The van der Waals surface area contributed by atoms with E-state index in [1.807, 2.05) is 0 Å². The first-order valence-electron chi connectivity index (χ1n) is 8.81. The zero-order valence-electron chi connectivity index (χ0n) is 16.0. The molecule has 0 atom stereocenters. The molecule has 0 spiro atoms. The van der Waals surface area contributed by atoms with Crippen LogP contribution in [0.25, 0.3) is 0 Å². The van der Waals surface area contributed by atoms with Crippen molar-refractivity contribution in [2.24, 2.45) is 0 Å². The Labute approximate surface area is 179 Å². The molecule has 3 aromatic carbocycles. The molecule has 9 heteroatoms. The van der Waals surface area contributed by atoms with Crippen LogP contribution in [0.15, 0.2) is 77.7 Å². The van der Waals surface area contributed by atoms with Crippen LogP contribution in [0, 0.1) is 0 Å². The highest BCUT2D eigenvalue weighted by Gasteiger charge is 2.17. The second kappa shape index (κ2) is 9.51. The van der Waals surface area contributed by atoms with Gasteiger partial charge in [-0.25, -0.2) is 8.42 Å². The third-order valence-electron chi connectivity index (χ3n) is 3.95. The van der Waals surface area contributed by atoms with Gasteiger partial charge in [0.15, 0.2) is 6.61 Å². The number of methoxy groups -OCH3 is 1. The summed E-state index contributed by atoms with van der Waals surface area (Å²) in [6, 6.07) is 19.2. The lowest BCUT2D eigenvalue weighted by Gasteiger charge is -2.13. The second-order valence-electron chi connectivity index (χ2n) is 6.13. The van der Waals surface area contributed by atoms with Crippen LogP contribution in [0.5, 0.6) is 11.5 Å². The average Bonchev–Trinajstić information content (AvgIpc) is 2.73. The molecular weight excluding hydrogens is 428 g/mol. The number of benzene rings is 3. The van der Waals surface area contributed by atoms with Gasteiger partial charge in [-0.1, -0.05) is 35.9 Å². The van der Waals surface area contributed by atoms with Crippen molar-refractivity contribution in [1.29, 1.82) is 0 Å². The maximum atomic E-state index is 12.7. The molecule has 0 bridgehead atoms. The van der Waals surface area contributed by atoms with Gasteiger partial charge in [-0.3, -0.25) is 9.52 Å². The minimum atomic E-state index is -3.89. The lowest BCUT2D eigenvalue weighted by atomic mass is 10.3. The number of ether oxygens (including phenoxy) is 2. The van der Waals surface area contributed by atoms with Crippen LogP contribution < -0.4 is 19.5 Å². The van der Waals surface area contributed by atoms with Gasteiger partial charge in [-0.2, -0.15) is 0 Å². The van der Waals surface area contributed by atoms with Crippen LogP contribution >= 0.6 is 11.6 Å². The summed E-state index contributed by atoms with van der Waals surface area (Å²) >= 11 is 5.88. The highest BCUT2D eigenvalue weighted by atomic mass is 35.5. The summed E-state index contributed by atoms with van der Waals surface area (Å²) in [6.07, 6.45) is 0.